The Morgan fingerprint density at radius 2 is 2.05 bits per heavy atom. The number of amides is 1. The molecule has 1 heterocycles. The van der Waals surface area contributed by atoms with Crippen molar-refractivity contribution in [1.29, 1.82) is 0 Å². The number of benzene rings is 1. The second-order valence-electron chi connectivity index (χ2n) is 4.72. The summed E-state index contributed by atoms with van der Waals surface area (Å²) in [6, 6.07) is 2.02. The first-order valence-electron chi connectivity index (χ1n) is 6.20. The van der Waals surface area contributed by atoms with Crippen LogP contribution in [0.3, 0.4) is 0 Å². The molecule has 100 valence electrons. The summed E-state index contributed by atoms with van der Waals surface area (Å²) < 4.78 is 27.0. The Bertz CT molecular complexity index is 635. The van der Waals surface area contributed by atoms with Crippen molar-refractivity contribution >= 4 is 32.6 Å². The van der Waals surface area contributed by atoms with E-state index in [1.165, 1.54) is 6.07 Å². The molecule has 0 bridgehead atoms. The summed E-state index contributed by atoms with van der Waals surface area (Å²) in [6.07, 6.45) is 3.91. The number of fused-ring (bicyclic) bond motifs is 1. The van der Waals surface area contributed by atoms with Crippen LogP contribution in [0, 0.1) is 17.6 Å². The van der Waals surface area contributed by atoms with Gasteiger partial charge in [-0.1, -0.05) is 24.2 Å². The molecule has 1 N–H and O–H groups in total. The topological polar surface area (TPSA) is 42.0 Å². The van der Waals surface area contributed by atoms with E-state index in [0.717, 1.165) is 43.1 Å². The smallest absolute Gasteiger partial charge is 0.229 e. The molecule has 0 spiro atoms. The summed E-state index contributed by atoms with van der Waals surface area (Å²) in [5.74, 6) is -1.39. The maximum absolute atomic E-state index is 13.5. The quantitative estimate of drug-likeness (QED) is 0.912. The van der Waals surface area contributed by atoms with E-state index in [1.807, 2.05) is 0 Å². The molecule has 1 amide bonds. The van der Waals surface area contributed by atoms with Crippen molar-refractivity contribution in [3.8, 4) is 0 Å². The summed E-state index contributed by atoms with van der Waals surface area (Å²) >= 11 is 1.09. The number of hydrogen-bond acceptors (Lipinski definition) is 3. The molecule has 3 nitrogen and oxygen atoms in total. The van der Waals surface area contributed by atoms with Crippen molar-refractivity contribution in [2.75, 3.05) is 5.32 Å². The Kier molecular flexibility index (Phi) is 3.18. The van der Waals surface area contributed by atoms with Gasteiger partial charge in [0.25, 0.3) is 0 Å². The zero-order valence-electron chi connectivity index (χ0n) is 10.1. The SMILES string of the molecule is O=C(Nc1nc2c(F)cc(F)cc2s1)C1CCCC1. The van der Waals surface area contributed by atoms with E-state index in [-0.39, 0.29) is 17.3 Å². The minimum Gasteiger partial charge on any atom is -0.302 e. The molecule has 6 heteroatoms. The molecule has 0 unspecified atom stereocenters. The molecular weight excluding hydrogens is 270 g/mol. The van der Waals surface area contributed by atoms with Gasteiger partial charge in [-0.15, -0.1) is 0 Å². The highest BCUT2D eigenvalue weighted by atomic mass is 32.1. The highest BCUT2D eigenvalue weighted by Gasteiger charge is 2.23. The normalized spacial score (nSPS) is 16.1. The van der Waals surface area contributed by atoms with E-state index < -0.39 is 11.6 Å². The number of anilines is 1. The predicted molar refractivity (Wildman–Crippen MR) is 70.1 cm³/mol. The molecule has 2 aromatic rings. The number of aromatic nitrogens is 1. The lowest BCUT2D eigenvalue weighted by molar-refractivity contribution is -0.119. The van der Waals surface area contributed by atoms with Crippen LogP contribution in [0.15, 0.2) is 12.1 Å². The number of rotatable bonds is 2. The average molecular weight is 282 g/mol. The monoisotopic (exact) mass is 282 g/mol. The van der Waals surface area contributed by atoms with Crippen LogP contribution >= 0.6 is 11.3 Å². The van der Waals surface area contributed by atoms with Crippen molar-refractivity contribution < 1.29 is 13.6 Å². The summed E-state index contributed by atoms with van der Waals surface area (Å²) in [5, 5.41) is 3.03. The molecule has 0 atom stereocenters. The number of hydrogen-bond donors (Lipinski definition) is 1. The predicted octanol–water partition coefficient (Wildman–Crippen LogP) is 3.70. The summed E-state index contributed by atoms with van der Waals surface area (Å²) in [6.45, 7) is 0. The van der Waals surface area contributed by atoms with Crippen molar-refractivity contribution in [1.82, 2.24) is 4.98 Å². The van der Waals surface area contributed by atoms with E-state index in [0.29, 0.717) is 9.83 Å². The maximum Gasteiger partial charge on any atom is 0.229 e. The molecule has 19 heavy (non-hydrogen) atoms. The molecule has 1 aromatic heterocycles. The molecule has 0 radical (unpaired) electrons. The minimum atomic E-state index is -0.701. The number of nitrogens with one attached hydrogen (secondary N) is 1. The molecule has 1 saturated carbocycles. The fraction of sp³-hybridized carbons (Fsp3) is 0.385. The van der Waals surface area contributed by atoms with Gasteiger partial charge >= 0.3 is 0 Å². The number of halogens is 2. The molecule has 1 aliphatic rings. The standard InChI is InChI=1S/C13H12F2N2OS/c14-8-5-9(15)11-10(6-8)19-13(16-11)17-12(18)7-3-1-2-4-7/h5-7H,1-4H2,(H,16,17,18). The first-order chi connectivity index (χ1) is 9.13. The van der Waals surface area contributed by atoms with Crippen molar-refractivity contribution in [2.45, 2.75) is 25.7 Å². The lowest BCUT2D eigenvalue weighted by Crippen LogP contribution is -2.20. The summed E-state index contributed by atoms with van der Waals surface area (Å²) in [5.41, 5.74) is 0.105. The van der Waals surface area contributed by atoms with Crippen LogP contribution in [0.4, 0.5) is 13.9 Å². The van der Waals surface area contributed by atoms with Gasteiger partial charge in [-0.05, 0) is 18.9 Å². The zero-order valence-corrected chi connectivity index (χ0v) is 10.9. The van der Waals surface area contributed by atoms with E-state index in [2.05, 4.69) is 10.3 Å². The molecule has 1 aromatic carbocycles. The van der Waals surface area contributed by atoms with Gasteiger partial charge in [-0.3, -0.25) is 4.79 Å². The summed E-state index contributed by atoms with van der Waals surface area (Å²) in [7, 11) is 0. The molecule has 1 fully saturated rings. The molecular formula is C13H12F2N2OS. The molecule has 3 rings (SSSR count). The van der Waals surface area contributed by atoms with E-state index >= 15 is 0 Å². The van der Waals surface area contributed by atoms with Gasteiger partial charge in [0.1, 0.15) is 11.3 Å². The fourth-order valence-corrected chi connectivity index (χ4v) is 3.31. The lowest BCUT2D eigenvalue weighted by Gasteiger charge is -2.06. The van der Waals surface area contributed by atoms with Crippen molar-refractivity contribution in [3.05, 3.63) is 23.8 Å². The van der Waals surface area contributed by atoms with Crippen LogP contribution in [0.5, 0.6) is 0 Å². The van der Waals surface area contributed by atoms with Crippen LogP contribution < -0.4 is 5.32 Å². The Morgan fingerprint density at radius 3 is 2.79 bits per heavy atom. The van der Waals surface area contributed by atoms with Crippen LogP contribution in [0.1, 0.15) is 25.7 Å². The first-order valence-corrected chi connectivity index (χ1v) is 7.01. The lowest BCUT2D eigenvalue weighted by atomic mass is 10.1. The third-order valence-corrected chi connectivity index (χ3v) is 4.29. The third-order valence-electron chi connectivity index (χ3n) is 3.37. The number of nitrogens with zero attached hydrogens (tertiary/aromatic N) is 1. The largest absolute Gasteiger partial charge is 0.302 e. The van der Waals surface area contributed by atoms with Crippen LogP contribution in [0.2, 0.25) is 0 Å². The Hall–Kier alpha value is -1.56. The number of thiazole rings is 1. The molecule has 1 aliphatic carbocycles. The fourth-order valence-electron chi connectivity index (χ4n) is 2.41. The zero-order chi connectivity index (χ0) is 13.4. The van der Waals surface area contributed by atoms with Gasteiger partial charge in [0.2, 0.25) is 5.91 Å². The Morgan fingerprint density at radius 1 is 1.32 bits per heavy atom. The van der Waals surface area contributed by atoms with Gasteiger partial charge in [0.05, 0.1) is 4.70 Å². The Balaban J connectivity index is 1.85. The van der Waals surface area contributed by atoms with Crippen LogP contribution in [-0.4, -0.2) is 10.9 Å². The second-order valence-corrected chi connectivity index (χ2v) is 5.75. The van der Waals surface area contributed by atoms with Crippen molar-refractivity contribution in [2.24, 2.45) is 5.92 Å². The van der Waals surface area contributed by atoms with E-state index in [1.54, 1.807) is 0 Å². The van der Waals surface area contributed by atoms with E-state index in [9.17, 15) is 13.6 Å². The average Bonchev–Trinajstić information content (AvgIpc) is 2.96. The Labute approximate surface area is 112 Å². The van der Waals surface area contributed by atoms with Crippen LogP contribution in [0.25, 0.3) is 10.2 Å². The number of carbonyl (C=O) groups is 1. The maximum atomic E-state index is 13.5. The third kappa shape index (κ3) is 2.45. The van der Waals surface area contributed by atoms with Gasteiger partial charge in [-0.25, -0.2) is 13.8 Å². The second kappa shape index (κ2) is 4.85. The molecule has 0 aliphatic heterocycles. The highest BCUT2D eigenvalue weighted by molar-refractivity contribution is 7.22. The first kappa shape index (κ1) is 12.5. The summed E-state index contributed by atoms with van der Waals surface area (Å²) in [4.78, 5) is 15.9. The number of carbonyl (C=O) groups excluding carboxylic acids is 1. The van der Waals surface area contributed by atoms with Gasteiger partial charge < -0.3 is 5.32 Å². The minimum absolute atomic E-state index is 0.0218. The van der Waals surface area contributed by atoms with Gasteiger partial charge in [-0.2, -0.15) is 0 Å². The van der Waals surface area contributed by atoms with E-state index in [4.69, 9.17) is 0 Å². The van der Waals surface area contributed by atoms with Gasteiger partial charge in [0.15, 0.2) is 10.9 Å². The van der Waals surface area contributed by atoms with Gasteiger partial charge in [0, 0.05) is 12.0 Å². The van der Waals surface area contributed by atoms with Crippen LogP contribution in [-0.2, 0) is 4.79 Å². The highest BCUT2D eigenvalue weighted by Crippen LogP contribution is 2.30. The van der Waals surface area contributed by atoms with Crippen molar-refractivity contribution in [3.63, 3.8) is 0 Å². The molecule has 0 saturated heterocycles.